The molecule has 1 amide bonds. The smallest absolute Gasteiger partial charge is 0.254 e. The molecule has 146 valence electrons. The van der Waals surface area contributed by atoms with Gasteiger partial charge in [-0.25, -0.2) is 0 Å². The minimum atomic E-state index is -0.00260. The number of carbonyl (C=O) groups is 1. The number of rotatable bonds is 8. The molecule has 0 unspecified atom stereocenters. The third kappa shape index (κ3) is 5.02. The van der Waals surface area contributed by atoms with Crippen LogP contribution in [0.15, 0.2) is 12.1 Å². The van der Waals surface area contributed by atoms with Crippen LogP contribution in [0.1, 0.15) is 16.8 Å². The Labute approximate surface area is 156 Å². The number of ether oxygens (including phenoxy) is 3. The second-order valence-electron chi connectivity index (χ2n) is 6.70. The van der Waals surface area contributed by atoms with Gasteiger partial charge in [-0.2, -0.15) is 0 Å². The summed E-state index contributed by atoms with van der Waals surface area (Å²) in [6, 6.07) is 3.43. The lowest BCUT2D eigenvalue weighted by molar-refractivity contribution is 0.0633. The van der Waals surface area contributed by atoms with Gasteiger partial charge in [0.2, 0.25) is 5.75 Å². The number of carbonyl (C=O) groups excluding carboxylic acids is 1. The molecular formula is C19H31N3O4. The van der Waals surface area contributed by atoms with E-state index in [0.717, 1.165) is 45.7 Å². The van der Waals surface area contributed by atoms with Gasteiger partial charge in [0, 0.05) is 31.7 Å². The fourth-order valence-electron chi connectivity index (χ4n) is 3.17. The first-order valence-electron chi connectivity index (χ1n) is 8.96. The van der Waals surface area contributed by atoms with Gasteiger partial charge in [-0.1, -0.05) is 0 Å². The highest BCUT2D eigenvalue weighted by Crippen LogP contribution is 2.38. The molecule has 26 heavy (non-hydrogen) atoms. The molecule has 1 saturated heterocycles. The molecule has 1 aromatic carbocycles. The van der Waals surface area contributed by atoms with Crippen molar-refractivity contribution in [1.82, 2.24) is 14.7 Å². The van der Waals surface area contributed by atoms with Crippen LogP contribution in [-0.2, 0) is 0 Å². The van der Waals surface area contributed by atoms with Crippen LogP contribution in [-0.4, -0.2) is 95.3 Å². The van der Waals surface area contributed by atoms with E-state index in [2.05, 4.69) is 23.9 Å². The average Bonchev–Trinajstić information content (AvgIpc) is 2.66. The highest BCUT2D eigenvalue weighted by molar-refractivity contribution is 5.95. The zero-order valence-electron chi connectivity index (χ0n) is 16.6. The lowest BCUT2D eigenvalue weighted by Gasteiger charge is -2.35. The van der Waals surface area contributed by atoms with Crippen molar-refractivity contribution in [2.75, 3.05) is 74.7 Å². The summed E-state index contributed by atoms with van der Waals surface area (Å²) in [6.45, 7) is 5.44. The Kier molecular flexibility index (Phi) is 7.53. The molecule has 2 rings (SSSR count). The highest BCUT2D eigenvalue weighted by atomic mass is 16.5. The predicted molar refractivity (Wildman–Crippen MR) is 102 cm³/mol. The Morgan fingerprint density at radius 2 is 1.58 bits per heavy atom. The van der Waals surface area contributed by atoms with Crippen molar-refractivity contribution in [3.63, 3.8) is 0 Å². The van der Waals surface area contributed by atoms with Gasteiger partial charge in [-0.3, -0.25) is 9.69 Å². The van der Waals surface area contributed by atoms with Gasteiger partial charge in [0.1, 0.15) is 0 Å². The Balaban J connectivity index is 2.00. The molecule has 7 heteroatoms. The van der Waals surface area contributed by atoms with E-state index < -0.39 is 0 Å². The second kappa shape index (κ2) is 9.64. The zero-order chi connectivity index (χ0) is 19.1. The second-order valence-corrected chi connectivity index (χ2v) is 6.70. The maximum Gasteiger partial charge on any atom is 0.254 e. The minimum absolute atomic E-state index is 0.00260. The molecule has 1 heterocycles. The molecule has 0 N–H and O–H groups in total. The van der Waals surface area contributed by atoms with E-state index >= 15 is 0 Å². The Morgan fingerprint density at radius 1 is 1.00 bits per heavy atom. The number of methoxy groups -OCH3 is 3. The molecule has 1 aromatic rings. The molecule has 0 bridgehead atoms. The number of amides is 1. The van der Waals surface area contributed by atoms with Crippen molar-refractivity contribution >= 4 is 5.91 Å². The minimum Gasteiger partial charge on any atom is -0.493 e. The van der Waals surface area contributed by atoms with E-state index in [1.807, 2.05) is 4.90 Å². The topological polar surface area (TPSA) is 54.5 Å². The quantitative estimate of drug-likeness (QED) is 0.695. The van der Waals surface area contributed by atoms with Crippen molar-refractivity contribution in [2.45, 2.75) is 6.42 Å². The maximum absolute atomic E-state index is 12.9. The van der Waals surface area contributed by atoms with Crippen molar-refractivity contribution in [3.05, 3.63) is 17.7 Å². The zero-order valence-corrected chi connectivity index (χ0v) is 16.6. The molecule has 1 aliphatic heterocycles. The summed E-state index contributed by atoms with van der Waals surface area (Å²) in [5.74, 6) is 1.49. The molecule has 0 aliphatic carbocycles. The molecule has 0 spiro atoms. The van der Waals surface area contributed by atoms with Gasteiger partial charge in [0.25, 0.3) is 5.91 Å². The number of hydrogen-bond acceptors (Lipinski definition) is 6. The molecule has 7 nitrogen and oxygen atoms in total. The number of benzene rings is 1. The first kappa shape index (κ1) is 20.3. The first-order valence-corrected chi connectivity index (χ1v) is 8.96. The first-order chi connectivity index (χ1) is 12.5. The van der Waals surface area contributed by atoms with E-state index in [1.165, 1.54) is 0 Å². The Bertz CT molecular complexity index is 573. The fraction of sp³-hybridized carbons (Fsp3) is 0.632. The van der Waals surface area contributed by atoms with Crippen LogP contribution < -0.4 is 14.2 Å². The van der Waals surface area contributed by atoms with E-state index in [4.69, 9.17) is 14.2 Å². The average molecular weight is 365 g/mol. The van der Waals surface area contributed by atoms with Crippen LogP contribution >= 0.6 is 0 Å². The maximum atomic E-state index is 12.9. The van der Waals surface area contributed by atoms with Crippen molar-refractivity contribution in [2.24, 2.45) is 0 Å². The van der Waals surface area contributed by atoms with Gasteiger partial charge < -0.3 is 24.0 Å². The highest BCUT2D eigenvalue weighted by Gasteiger charge is 2.24. The summed E-state index contributed by atoms with van der Waals surface area (Å²) in [5.41, 5.74) is 0.556. The van der Waals surface area contributed by atoms with E-state index in [0.29, 0.717) is 22.8 Å². The summed E-state index contributed by atoms with van der Waals surface area (Å²) in [5, 5.41) is 0. The Morgan fingerprint density at radius 3 is 2.04 bits per heavy atom. The van der Waals surface area contributed by atoms with Crippen molar-refractivity contribution in [3.8, 4) is 17.2 Å². The van der Waals surface area contributed by atoms with Crippen LogP contribution in [0.25, 0.3) is 0 Å². The molecule has 1 aliphatic rings. The Hall–Kier alpha value is -1.99. The number of piperazine rings is 1. The van der Waals surface area contributed by atoms with E-state index in [-0.39, 0.29) is 5.91 Å². The third-order valence-electron chi connectivity index (χ3n) is 4.65. The van der Waals surface area contributed by atoms with Gasteiger partial charge in [0.05, 0.1) is 21.3 Å². The summed E-state index contributed by atoms with van der Waals surface area (Å²) < 4.78 is 16.0. The van der Waals surface area contributed by atoms with Gasteiger partial charge in [0.15, 0.2) is 11.5 Å². The molecule has 0 atom stereocenters. The third-order valence-corrected chi connectivity index (χ3v) is 4.65. The summed E-state index contributed by atoms with van der Waals surface area (Å²) in [7, 11) is 8.84. The summed E-state index contributed by atoms with van der Waals surface area (Å²) in [4.78, 5) is 19.4. The van der Waals surface area contributed by atoms with Crippen LogP contribution in [0.3, 0.4) is 0 Å². The molecule has 0 aromatic heterocycles. The number of nitrogens with zero attached hydrogens (tertiary/aromatic N) is 3. The van der Waals surface area contributed by atoms with E-state index in [9.17, 15) is 4.79 Å². The molecule has 0 radical (unpaired) electrons. The van der Waals surface area contributed by atoms with E-state index in [1.54, 1.807) is 33.5 Å². The summed E-state index contributed by atoms with van der Waals surface area (Å²) in [6.07, 6.45) is 1.15. The monoisotopic (exact) mass is 365 g/mol. The molecule has 1 fully saturated rings. The largest absolute Gasteiger partial charge is 0.493 e. The van der Waals surface area contributed by atoms with Crippen molar-refractivity contribution < 1.29 is 19.0 Å². The van der Waals surface area contributed by atoms with Crippen LogP contribution in [0.5, 0.6) is 17.2 Å². The standard InChI is InChI=1S/C19H31N3O4/c1-20(2)7-6-8-21-9-11-22(12-10-21)19(23)15-13-16(24-3)18(26-5)17(14-15)25-4/h13-14H,6-12H2,1-5H3. The predicted octanol–water partition coefficient (Wildman–Crippen LogP) is 1.42. The normalized spacial score (nSPS) is 15.2. The number of hydrogen-bond donors (Lipinski definition) is 0. The van der Waals surface area contributed by atoms with Crippen LogP contribution in [0.4, 0.5) is 0 Å². The molecular weight excluding hydrogens is 334 g/mol. The SMILES string of the molecule is COc1cc(C(=O)N2CCN(CCCN(C)C)CC2)cc(OC)c1OC. The van der Waals surface area contributed by atoms with Gasteiger partial charge >= 0.3 is 0 Å². The van der Waals surface area contributed by atoms with Crippen LogP contribution in [0, 0.1) is 0 Å². The lowest BCUT2D eigenvalue weighted by atomic mass is 10.1. The molecule has 0 saturated carbocycles. The van der Waals surface area contributed by atoms with Gasteiger partial charge in [-0.05, 0) is 45.7 Å². The summed E-state index contributed by atoms with van der Waals surface area (Å²) >= 11 is 0. The van der Waals surface area contributed by atoms with Gasteiger partial charge in [-0.15, -0.1) is 0 Å². The van der Waals surface area contributed by atoms with Crippen LogP contribution in [0.2, 0.25) is 0 Å². The fourth-order valence-corrected chi connectivity index (χ4v) is 3.17. The van der Waals surface area contributed by atoms with Crippen molar-refractivity contribution in [1.29, 1.82) is 0 Å². The lowest BCUT2D eigenvalue weighted by Crippen LogP contribution is -2.49.